The van der Waals surface area contributed by atoms with E-state index in [0.717, 1.165) is 13.8 Å². The molecule has 0 saturated carbocycles. The summed E-state index contributed by atoms with van der Waals surface area (Å²) in [5.74, 6) is -7.19. The summed E-state index contributed by atoms with van der Waals surface area (Å²) in [5.41, 5.74) is -2.74. The van der Waals surface area contributed by atoms with Gasteiger partial charge in [0.05, 0.1) is 12.8 Å². The molecule has 0 amide bonds. The molecule has 11 nitrogen and oxygen atoms in total. The van der Waals surface area contributed by atoms with Crippen LogP contribution in [0.2, 0.25) is 0 Å². The number of rotatable bonds is 5. The molecule has 0 aliphatic carbocycles. The molecule has 0 unspecified atom stereocenters. The van der Waals surface area contributed by atoms with Crippen LogP contribution < -0.4 is 10.2 Å². The normalized spacial score (nSPS) is 8.68. The first-order valence-corrected chi connectivity index (χ1v) is 4.99. The Labute approximate surface area is 136 Å². The Morgan fingerprint density at radius 3 is 1.09 bits per heavy atom. The number of aliphatic carboxylic acids is 5. The number of hydrogen-bond donors (Lipinski definition) is 4. The van der Waals surface area contributed by atoms with Crippen molar-refractivity contribution in [3.63, 3.8) is 0 Å². The summed E-state index contributed by atoms with van der Waals surface area (Å²) in [4.78, 5) is 48.3. The predicted molar refractivity (Wildman–Crippen MR) is 58.5 cm³/mol. The summed E-state index contributed by atoms with van der Waals surface area (Å²) in [5, 5.41) is 51.6. The van der Waals surface area contributed by atoms with E-state index in [2.05, 4.69) is 0 Å². The molecule has 0 aliphatic rings. The van der Waals surface area contributed by atoms with E-state index in [0.29, 0.717) is 0 Å². The van der Waals surface area contributed by atoms with Crippen molar-refractivity contribution in [2.24, 2.45) is 0 Å². The van der Waals surface area contributed by atoms with Crippen LogP contribution in [0.25, 0.3) is 0 Å². The van der Waals surface area contributed by atoms with Gasteiger partial charge in [-0.3, -0.25) is 9.59 Å². The third-order valence-corrected chi connectivity index (χ3v) is 1.29. The van der Waals surface area contributed by atoms with Gasteiger partial charge in [0.2, 0.25) is 0 Å². The Morgan fingerprint density at radius 2 is 1.00 bits per heavy atom. The molecule has 0 aliphatic heterocycles. The number of carbonyl (C=O) groups is 5. The van der Waals surface area contributed by atoms with Gasteiger partial charge in [-0.05, 0) is 13.8 Å². The molecule has 0 aromatic rings. The summed E-state index contributed by atoms with van der Waals surface area (Å²) in [6.45, 7) is 1.94. The van der Waals surface area contributed by atoms with Crippen molar-refractivity contribution in [1.82, 2.24) is 0 Å². The van der Waals surface area contributed by atoms with E-state index >= 15 is 0 Å². The van der Waals surface area contributed by atoms with Crippen LogP contribution in [0.5, 0.6) is 0 Å². The van der Waals surface area contributed by atoms with E-state index in [-0.39, 0.29) is 19.5 Å². The first-order valence-electron chi connectivity index (χ1n) is 4.99. The topological polar surface area (TPSA) is 212 Å². The monoisotopic (exact) mass is 374 g/mol. The Hall–Kier alpha value is -2.07. The molecule has 0 saturated heterocycles. The molecule has 4 N–H and O–H groups in total. The molecule has 0 rings (SSSR count). The van der Waals surface area contributed by atoms with Gasteiger partial charge in [-0.25, -0.2) is 4.79 Å². The molecule has 12 heteroatoms. The number of aliphatic hydroxyl groups is 1. The van der Waals surface area contributed by atoms with Gasteiger partial charge in [0, 0.05) is 11.9 Å². The maximum Gasteiger partial charge on any atom is 2.00 e. The second-order valence-corrected chi connectivity index (χ2v) is 3.46. The van der Waals surface area contributed by atoms with Crippen LogP contribution in [-0.2, 0) is 43.5 Å². The van der Waals surface area contributed by atoms with Crippen LogP contribution in [0.3, 0.4) is 0 Å². The smallest absolute Gasteiger partial charge is 0.550 e. The van der Waals surface area contributed by atoms with Crippen molar-refractivity contribution in [3.8, 4) is 0 Å². The van der Waals surface area contributed by atoms with Crippen molar-refractivity contribution in [2.45, 2.75) is 32.3 Å². The van der Waals surface area contributed by atoms with Crippen LogP contribution in [0.4, 0.5) is 0 Å². The quantitative estimate of drug-likeness (QED) is 0.342. The summed E-state index contributed by atoms with van der Waals surface area (Å²) in [6, 6.07) is 0. The molecule has 0 aromatic heterocycles. The SMILES string of the molecule is CC(=O)[O-].CC(=O)[O-].O=C(O)CC(O)(CC(=O)O)C(=O)O.[Zn+2]. The summed E-state index contributed by atoms with van der Waals surface area (Å²) < 4.78 is 0. The molecule has 22 heavy (non-hydrogen) atoms. The molecular weight excluding hydrogens is 361 g/mol. The fourth-order valence-electron chi connectivity index (χ4n) is 0.714. The standard InChI is InChI=1S/C6H8O7.2C2H4O2.Zn/c7-3(8)1-6(13,5(11)12)2-4(9)10;2*1-2(3)4;/h13H,1-2H2,(H,7,8)(H,9,10)(H,11,12);2*1H3,(H,3,4);/q;;;+2/p-2. The van der Waals surface area contributed by atoms with Crippen LogP contribution in [0.15, 0.2) is 0 Å². The van der Waals surface area contributed by atoms with Gasteiger partial charge in [-0.1, -0.05) is 0 Å². The minimum Gasteiger partial charge on any atom is -0.550 e. The van der Waals surface area contributed by atoms with Gasteiger partial charge in [0.1, 0.15) is 0 Å². The van der Waals surface area contributed by atoms with Crippen molar-refractivity contribution in [3.05, 3.63) is 0 Å². The predicted octanol–water partition coefficient (Wildman–Crippen LogP) is -3.74. The van der Waals surface area contributed by atoms with E-state index in [9.17, 15) is 14.4 Å². The Morgan fingerprint density at radius 1 is 0.818 bits per heavy atom. The zero-order valence-corrected chi connectivity index (χ0v) is 14.7. The molecular formula is C10H14O11Zn. The van der Waals surface area contributed by atoms with E-state index < -0.39 is 48.3 Å². The summed E-state index contributed by atoms with van der Waals surface area (Å²) in [7, 11) is 0. The molecule has 0 radical (unpaired) electrons. The van der Waals surface area contributed by atoms with Gasteiger partial charge in [0.15, 0.2) is 5.60 Å². The first-order chi connectivity index (χ1) is 9.24. The van der Waals surface area contributed by atoms with Crippen molar-refractivity contribution in [1.29, 1.82) is 0 Å². The second kappa shape index (κ2) is 13.9. The van der Waals surface area contributed by atoms with Crippen molar-refractivity contribution in [2.75, 3.05) is 0 Å². The van der Waals surface area contributed by atoms with Gasteiger partial charge in [-0.2, -0.15) is 0 Å². The molecule has 0 fully saturated rings. The zero-order chi connectivity index (χ0) is 17.8. The Kier molecular flexibility index (Phi) is 17.8. The third kappa shape index (κ3) is 26.5. The van der Waals surface area contributed by atoms with Crippen LogP contribution in [0.1, 0.15) is 26.7 Å². The van der Waals surface area contributed by atoms with Crippen LogP contribution >= 0.6 is 0 Å². The summed E-state index contributed by atoms with van der Waals surface area (Å²) in [6.07, 6.45) is -2.29. The molecule has 122 valence electrons. The maximum absolute atomic E-state index is 10.3. The average Bonchev–Trinajstić information content (AvgIpc) is 2.11. The van der Waals surface area contributed by atoms with Gasteiger partial charge in [0.25, 0.3) is 0 Å². The third-order valence-electron chi connectivity index (χ3n) is 1.29. The minimum absolute atomic E-state index is 0. The first kappa shape index (κ1) is 28.1. The van der Waals surface area contributed by atoms with Crippen LogP contribution in [0, 0.1) is 0 Å². The van der Waals surface area contributed by atoms with Crippen molar-refractivity contribution >= 4 is 29.8 Å². The van der Waals surface area contributed by atoms with Gasteiger partial charge in [-0.15, -0.1) is 0 Å². The Bertz CT molecular complexity index is 368. The number of hydrogen-bond acceptors (Lipinski definition) is 8. The molecule has 0 atom stereocenters. The molecule has 0 aromatic carbocycles. The number of carboxylic acid groups (broad SMARTS) is 5. The fourth-order valence-corrected chi connectivity index (χ4v) is 0.714. The number of carbonyl (C=O) groups excluding carboxylic acids is 2. The largest absolute Gasteiger partial charge is 2.00 e. The van der Waals surface area contributed by atoms with Crippen molar-refractivity contribution < 1.29 is 74.1 Å². The fraction of sp³-hybridized carbons (Fsp3) is 0.500. The van der Waals surface area contributed by atoms with E-state index in [1.54, 1.807) is 0 Å². The van der Waals surface area contributed by atoms with E-state index in [1.165, 1.54) is 0 Å². The van der Waals surface area contributed by atoms with Gasteiger partial charge >= 0.3 is 37.4 Å². The average molecular weight is 376 g/mol. The van der Waals surface area contributed by atoms with Gasteiger partial charge < -0.3 is 40.2 Å². The maximum atomic E-state index is 10.3. The van der Waals surface area contributed by atoms with Crippen LogP contribution in [-0.4, -0.2) is 55.9 Å². The molecule has 0 bridgehead atoms. The Balaban J connectivity index is -0.000000150. The number of carboxylic acids is 5. The molecule has 0 heterocycles. The van der Waals surface area contributed by atoms with E-state index in [1.807, 2.05) is 0 Å². The molecule has 0 spiro atoms. The summed E-state index contributed by atoms with van der Waals surface area (Å²) >= 11 is 0. The zero-order valence-electron chi connectivity index (χ0n) is 11.8. The minimum atomic E-state index is -2.74. The second-order valence-electron chi connectivity index (χ2n) is 3.46. The van der Waals surface area contributed by atoms with E-state index in [4.69, 9.17) is 40.2 Å².